The molecule has 0 saturated heterocycles. The first kappa shape index (κ1) is 37.3. The SMILES string of the molecule is N#Cc1ccc2c(c1)-c1ccc(-c3ccc(-c4cccc(-c5ccc(-c6nc(-c7ccccc7)nc(-c7ccc(-c8ccccc8)cc7)n6)cc5)c4)cc3)cc1C21CCCCC1. The van der Waals surface area contributed by atoms with Crippen LogP contribution in [0.1, 0.15) is 48.8 Å². The first-order valence-corrected chi connectivity index (χ1v) is 21.6. The van der Waals surface area contributed by atoms with Gasteiger partial charge in [-0.3, -0.25) is 0 Å². The Kier molecular flexibility index (Phi) is 9.44. The van der Waals surface area contributed by atoms with E-state index >= 15 is 0 Å². The van der Waals surface area contributed by atoms with Gasteiger partial charge in [0.05, 0.1) is 11.6 Å². The minimum absolute atomic E-state index is 0.0424. The summed E-state index contributed by atoms with van der Waals surface area (Å²) in [7, 11) is 0. The largest absolute Gasteiger partial charge is 0.208 e. The Labute approximate surface area is 362 Å². The van der Waals surface area contributed by atoms with E-state index in [1.54, 1.807) is 0 Å². The van der Waals surface area contributed by atoms with Gasteiger partial charge in [0.2, 0.25) is 0 Å². The van der Waals surface area contributed by atoms with E-state index in [2.05, 4.69) is 158 Å². The van der Waals surface area contributed by atoms with Crippen molar-refractivity contribution in [1.82, 2.24) is 15.0 Å². The lowest BCUT2D eigenvalue weighted by atomic mass is 9.67. The van der Waals surface area contributed by atoms with Gasteiger partial charge in [-0.2, -0.15) is 5.26 Å². The number of rotatable bonds is 7. The molecule has 1 saturated carbocycles. The molecule has 8 aromatic carbocycles. The molecule has 0 aliphatic heterocycles. The molecular weight excluding hydrogens is 753 g/mol. The monoisotopic (exact) mass is 794 g/mol. The van der Waals surface area contributed by atoms with Gasteiger partial charge in [0.1, 0.15) is 0 Å². The highest BCUT2D eigenvalue weighted by atomic mass is 15.0. The summed E-state index contributed by atoms with van der Waals surface area (Å²) < 4.78 is 0. The number of aromatic nitrogens is 3. The van der Waals surface area contributed by atoms with E-state index in [1.807, 2.05) is 42.5 Å². The average Bonchev–Trinajstić information content (AvgIpc) is 3.61. The Morgan fingerprint density at radius 2 is 0.758 bits per heavy atom. The van der Waals surface area contributed by atoms with Crippen LogP contribution in [0.25, 0.3) is 89.8 Å². The maximum atomic E-state index is 9.69. The van der Waals surface area contributed by atoms with Crippen molar-refractivity contribution in [1.29, 1.82) is 5.26 Å². The fraction of sp³-hybridized carbons (Fsp3) is 0.103. The molecule has 11 rings (SSSR count). The van der Waals surface area contributed by atoms with E-state index in [1.165, 1.54) is 82.2 Å². The number of fused-ring (bicyclic) bond motifs is 5. The highest BCUT2D eigenvalue weighted by Gasteiger charge is 2.43. The Bertz CT molecular complexity index is 3120. The van der Waals surface area contributed by atoms with Crippen LogP contribution in [-0.2, 0) is 5.41 Å². The summed E-state index contributed by atoms with van der Waals surface area (Å²) in [6.07, 6.45) is 6.10. The summed E-state index contributed by atoms with van der Waals surface area (Å²) in [6, 6.07) is 70.9. The predicted molar refractivity (Wildman–Crippen MR) is 252 cm³/mol. The lowest BCUT2D eigenvalue weighted by Gasteiger charge is -2.36. The number of nitriles is 1. The van der Waals surface area contributed by atoms with Gasteiger partial charge in [-0.25, -0.2) is 15.0 Å². The van der Waals surface area contributed by atoms with E-state index < -0.39 is 0 Å². The number of benzene rings is 8. The van der Waals surface area contributed by atoms with Crippen molar-refractivity contribution in [3.8, 4) is 95.9 Å². The van der Waals surface area contributed by atoms with Crippen molar-refractivity contribution in [2.24, 2.45) is 0 Å². The molecule has 1 fully saturated rings. The van der Waals surface area contributed by atoms with Crippen LogP contribution in [0.15, 0.2) is 194 Å². The Morgan fingerprint density at radius 1 is 0.339 bits per heavy atom. The zero-order valence-corrected chi connectivity index (χ0v) is 34.3. The first-order valence-electron chi connectivity index (χ1n) is 21.6. The third-order valence-electron chi connectivity index (χ3n) is 13.0. The van der Waals surface area contributed by atoms with Crippen LogP contribution < -0.4 is 0 Å². The molecule has 0 amide bonds. The van der Waals surface area contributed by atoms with Crippen LogP contribution in [0.5, 0.6) is 0 Å². The lowest BCUT2D eigenvalue weighted by Crippen LogP contribution is -2.28. The van der Waals surface area contributed by atoms with Crippen molar-refractivity contribution in [2.45, 2.75) is 37.5 Å². The third-order valence-corrected chi connectivity index (χ3v) is 13.0. The smallest absolute Gasteiger partial charge is 0.164 e. The normalized spacial score (nSPS) is 13.6. The van der Waals surface area contributed by atoms with Gasteiger partial charge in [-0.1, -0.05) is 189 Å². The molecule has 0 atom stereocenters. The average molecular weight is 795 g/mol. The highest BCUT2D eigenvalue weighted by Crippen LogP contribution is 2.56. The molecule has 62 heavy (non-hydrogen) atoms. The second-order valence-electron chi connectivity index (χ2n) is 16.6. The molecular formula is C58H42N4. The van der Waals surface area contributed by atoms with Crippen LogP contribution in [0, 0.1) is 11.3 Å². The number of hydrogen-bond acceptors (Lipinski definition) is 4. The predicted octanol–water partition coefficient (Wildman–Crippen LogP) is 14.6. The van der Waals surface area contributed by atoms with E-state index in [4.69, 9.17) is 15.0 Å². The van der Waals surface area contributed by atoms with Crippen LogP contribution in [0.2, 0.25) is 0 Å². The molecule has 9 aromatic rings. The molecule has 294 valence electrons. The second kappa shape index (κ2) is 15.7. The number of hydrogen-bond donors (Lipinski definition) is 0. The minimum Gasteiger partial charge on any atom is -0.208 e. The van der Waals surface area contributed by atoms with Gasteiger partial charge in [0, 0.05) is 22.1 Å². The molecule has 0 radical (unpaired) electrons. The zero-order valence-electron chi connectivity index (χ0n) is 34.3. The zero-order chi connectivity index (χ0) is 41.5. The maximum Gasteiger partial charge on any atom is 0.164 e. The van der Waals surface area contributed by atoms with Crippen LogP contribution in [0.3, 0.4) is 0 Å². The molecule has 1 aromatic heterocycles. The maximum absolute atomic E-state index is 9.69. The Balaban J connectivity index is 0.865. The molecule has 1 spiro atoms. The van der Waals surface area contributed by atoms with Crippen LogP contribution in [0.4, 0.5) is 0 Å². The van der Waals surface area contributed by atoms with Crippen molar-refractivity contribution >= 4 is 0 Å². The molecule has 2 aliphatic rings. The number of nitrogens with zero attached hydrogens (tertiary/aromatic N) is 4. The summed E-state index contributed by atoms with van der Waals surface area (Å²) in [6.45, 7) is 0. The van der Waals surface area contributed by atoms with Gasteiger partial charge in [-0.05, 0) is 104 Å². The van der Waals surface area contributed by atoms with Crippen molar-refractivity contribution < 1.29 is 0 Å². The second-order valence-corrected chi connectivity index (χ2v) is 16.6. The summed E-state index contributed by atoms with van der Waals surface area (Å²) in [5.41, 5.74) is 18.4. The minimum atomic E-state index is 0.0424. The van der Waals surface area contributed by atoms with Gasteiger partial charge in [0.25, 0.3) is 0 Å². The van der Waals surface area contributed by atoms with Gasteiger partial charge in [-0.15, -0.1) is 0 Å². The summed E-state index contributed by atoms with van der Waals surface area (Å²) in [5, 5.41) is 9.69. The first-order chi connectivity index (χ1) is 30.6. The Morgan fingerprint density at radius 3 is 1.29 bits per heavy atom. The van der Waals surface area contributed by atoms with Crippen LogP contribution in [-0.4, -0.2) is 15.0 Å². The van der Waals surface area contributed by atoms with E-state index in [0.717, 1.165) is 38.9 Å². The van der Waals surface area contributed by atoms with E-state index in [9.17, 15) is 5.26 Å². The Hall–Kier alpha value is -7.74. The van der Waals surface area contributed by atoms with E-state index in [0.29, 0.717) is 17.5 Å². The molecule has 0 N–H and O–H groups in total. The summed E-state index contributed by atoms with van der Waals surface area (Å²) in [5.74, 6) is 1.92. The topological polar surface area (TPSA) is 62.5 Å². The fourth-order valence-corrected chi connectivity index (χ4v) is 9.79. The molecule has 4 heteroatoms. The quantitative estimate of drug-likeness (QED) is 0.161. The lowest BCUT2D eigenvalue weighted by molar-refractivity contribution is 0.353. The molecule has 1 heterocycles. The highest BCUT2D eigenvalue weighted by molar-refractivity contribution is 5.85. The van der Waals surface area contributed by atoms with Crippen molar-refractivity contribution in [3.05, 3.63) is 211 Å². The van der Waals surface area contributed by atoms with Gasteiger partial charge in [0.15, 0.2) is 17.5 Å². The fourth-order valence-electron chi connectivity index (χ4n) is 9.79. The van der Waals surface area contributed by atoms with Gasteiger partial charge < -0.3 is 0 Å². The van der Waals surface area contributed by atoms with Gasteiger partial charge >= 0.3 is 0 Å². The molecule has 0 unspecified atom stereocenters. The summed E-state index contributed by atoms with van der Waals surface area (Å²) >= 11 is 0. The molecule has 2 aliphatic carbocycles. The molecule has 4 nitrogen and oxygen atoms in total. The van der Waals surface area contributed by atoms with E-state index in [-0.39, 0.29) is 5.41 Å². The molecule has 0 bridgehead atoms. The van der Waals surface area contributed by atoms with Crippen molar-refractivity contribution in [2.75, 3.05) is 0 Å². The standard InChI is InChI=1S/C58H42N4/c59-38-39-17-32-53-52(35-39)51-31-30-50(37-54(51)58(53)33-8-3-9-34-58)44-20-18-42(19-21-44)48-15-10-16-49(36-48)43-24-28-47(29-25-43)57-61-55(45-13-6-2-7-14-45)60-56(62-57)46-26-22-41(23-27-46)40-11-4-1-5-12-40/h1-2,4-7,10-32,35-37H,3,8-9,33-34H2. The van der Waals surface area contributed by atoms with Crippen molar-refractivity contribution in [3.63, 3.8) is 0 Å². The van der Waals surface area contributed by atoms with Crippen LogP contribution >= 0.6 is 0 Å². The third kappa shape index (κ3) is 6.79. The summed E-state index contributed by atoms with van der Waals surface area (Å²) in [4.78, 5) is 14.9.